The fourth-order valence-corrected chi connectivity index (χ4v) is 3.57. The van der Waals surface area contributed by atoms with Gasteiger partial charge in [-0.2, -0.15) is 0 Å². The Bertz CT molecular complexity index is 439. The molecule has 0 aliphatic heterocycles. The van der Waals surface area contributed by atoms with Crippen molar-refractivity contribution in [3.63, 3.8) is 0 Å². The quantitative estimate of drug-likeness (QED) is 0.790. The summed E-state index contributed by atoms with van der Waals surface area (Å²) in [5.41, 5.74) is -0.0707. The predicted molar refractivity (Wildman–Crippen MR) is 81.9 cm³/mol. The highest BCUT2D eigenvalue weighted by Crippen LogP contribution is 2.59. The third kappa shape index (κ3) is 4.08. The maximum atomic E-state index is 12.3. The molecule has 2 rings (SSSR count). The van der Waals surface area contributed by atoms with Crippen molar-refractivity contribution in [3.05, 3.63) is 12.2 Å². The van der Waals surface area contributed by atoms with Crippen LogP contribution in [0.4, 0.5) is 4.79 Å². The van der Waals surface area contributed by atoms with Crippen LogP contribution in [0.1, 0.15) is 53.4 Å². The van der Waals surface area contributed by atoms with Crippen molar-refractivity contribution in [1.29, 1.82) is 0 Å². The standard InChI is InChI=1S/C17H27NO3/c1-10(2)15(19)14(18-16(20)21-17(3,4)5)9-13-11-7-6-8-12(11)13/h11-14H,1,6-9H2,2-5H3,(H,18,20)/t11-,12+,13?,14-/m0/s1. The van der Waals surface area contributed by atoms with E-state index >= 15 is 0 Å². The van der Waals surface area contributed by atoms with Gasteiger partial charge in [-0.25, -0.2) is 4.79 Å². The smallest absolute Gasteiger partial charge is 0.408 e. The Balaban J connectivity index is 1.94. The van der Waals surface area contributed by atoms with E-state index in [2.05, 4.69) is 11.9 Å². The zero-order valence-corrected chi connectivity index (χ0v) is 13.6. The molecule has 0 aromatic heterocycles. The molecule has 118 valence electrons. The van der Waals surface area contributed by atoms with Gasteiger partial charge in [-0.1, -0.05) is 13.0 Å². The average molecular weight is 293 g/mol. The SMILES string of the molecule is C=C(C)C(=O)[C@H](CC1[C@H]2CCC[C@@H]12)NC(=O)OC(C)(C)C. The van der Waals surface area contributed by atoms with E-state index in [-0.39, 0.29) is 5.78 Å². The lowest BCUT2D eigenvalue weighted by atomic mass is 9.98. The Morgan fingerprint density at radius 3 is 2.33 bits per heavy atom. The molecule has 2 aliphatic rings. The second-order valence-corrected chi connectivity index (χ2v) is 7.50. The van der Waals surface area contributed by atoms with Crippen LogP contribution in [-0.2, 0) is 9.53 Å². The number of carbonyl (C=O) groups excluding carboxylic acids is 2. The van der Waals surface area contributed by atoms with Crippen LogP contribution >= 0.6 is 0 Å². The molecule has 0 aromatic carbocycles. The summed E-state index contributed by atoms with van der Waals surface area (Å²) < 4.78 is 5.26. The predicted octanol–water partition coefficient (Wildman–Crippen LogP) is 3.46. The van der Waals surface area contributed by atoms with Gasteiger partial charge < -0.3 is 10.1 Å². The molecule has 1 unspecified atom stereocenters. The zero-order chi connectivity index (χ0) is 15.8. The highest BCUT2D eigenvalue weighted by Gasteiger charge is 2.53. The Morgan fingerprint density at radius 1 is 1.29 bits per heavy atom. The maximum Gasteiger partial charge on any atom is 0.408 e. The molecule has 2 aliphatic carbocycles. The number of ether oxygens (including phenoxy) is 1. The van der Waals surface area contributed by atoms with Crippen molar-refractivity contribution in [2.75, 3.05) is 0 Å². The molecule has 4 heteroatoms. The monoisotopic (exact) mass is 293 g/mol. The van der Waals surface area contributed by atoms with E-state index in [1.54, 1.807) is 6.92 Å². The van der Waals surface area contributed by atoms with Crippen LogP contribution in [0, 0.1) is 17.8 Å². The second-order valence-electron chi connectivity index (χ2n) is 7.50. The van der Waals surface area contributed by atoms with E-state index < -0.39 is 17.7 Å². The number of nitrogens with one attached hydrogen (secondary N) is 1. The summed E-state index contributed by atoms with van der Waals surface area (Å²) in [6.07, 6.45) is 4.06. The Morgan fingerprint density at radius 2 is 1.86 bits per heavy atom. The Hall–Kier alpha value is -1.32. The number of ketones is 1. The summed E-state index contributed by atoms with van der Waals surface area (Å²) in [7, 11) is 0. The molecule has 0 spiro atoms. The lowest BCUT2D eigenvalue weighted by Crippen LogP contribution is -2.44. The van der Waals surface area contributed by atoms with Gasteiger partial charge in [0, 0.05) is 0 Å². The number of fused-ring (bicyclic) bond motifs is 1. The molecule has 0 heterocycles. The molecular formula is C17H27NO3. The first-order valence-corrected chi connectivity index (χ1v) is 7.88. The largest absolute Gasteiger partial charge is 0.444 e. The summed E-state index contributed by atoms with van der Waals surface area (Å²) in [4.78, 5) is 24.2. The average Bonchev–Trinajstić information content (AvgIpc) is 2.78. The van der Waals surface area contributed by atoms with Crippen LogP contribution in [0.25, 0.3) is 0 Å². The first-order chi connectivity index (χ1) is 9.69. The van der Waals surface area contributed by atoms with Crippen molar-refractivity contribution in [1.82, 2.24) is 5.32 Å². The molecule has 1 amide bonds. The lowest BCUT2D eigenvalue weighted by Gasteiger charge is -2.23. The minimum Gasteiger partial charge on any atom is -0.444 e. The van der Waals surface area contributed by atoms with E-state index in [0.717, 1.165) is 18.3 Å². The number of carbonyl (C=O) groups is 2. The van der Waals surface area contributed by atoms with Gasteiger partial charge in [0.05, 0.1) is 6.04 Å². The summed E-state index contributed by atoms with van der Waals surface area (Å²) in [5.74, 6) is 2.05. The number of alkyl carbamates (subject to hydrolysis) is 1. The van der Waals surface area contributed by atoms with Crippen molar-refractivity contribution in [2.45, 2.75) is 65.0 Å². The zero-order valence-electron chi connectivity index (χ0n) is 13.6. The first-order valence-electron chi connectivity index (χ1n) is 7.88. The van der Waals surface area contributed by atoms with Crippen LogP contribution in [-0.4, -0.2) is 23.5 Å². The molecule has 0 bridgehead atoms. The van der Waals surface area contributed by atoms with Crippen LogP contribution in [0.5, 0.6) is 0 Å². The number of amides is 1. The normalized spacial score (nSPS) is 28.5. The second kappa shape index (κ2) is 5.82. The van der Waals surface area contributed by atoms with Gasteiger partial charge in [-0.05, 0) is 70.3 Å². The van der Waals surface area contributed by atoms with Crippen LogP contribution in [0.3, 0.4) is 0 Å². The maximum absolute atomic E-state index is 12.3. The highest BCUT2D eigenvalue weighted by molar-refractivity contribution is 5.99. The Labute approximate surface area is 127 Å². The minimum absolute atomic E-state index is 0.0779. The lowest BCUT2D eigenvalue weighted by molar-refractivity contribution is -0.117. The van der Waals surface area contributed by atoms with Crippen molar-refractivity contribution < 1.29 is 14.3 Å². The molecule has 0 radical (unpaired) electrons. The topological polar surface area (TPSA) is 55.4 Å². The van der Waals surface area contributed by atoms with Gasteiger partial charge in [-0.3, -0.25) is 4.79 Å². The van der Waals surface area contributed by atoms with Crippen molar-refractivity contribution >= 4 is 11.9 Å². The van der Waals surface area contributed by atoms with E-state index in [0.29, 0.717) is 11.5 Å². The van der Waals surface area contributed by atoms with Gasteiger partial charge in [-0.15, -0.1) is 0 Å². The van der Waals surface area contributed by atoms with Crippen LogP contribution < -0.4 is 5.32 Å². The minimum atomic E-state index is -0.559. The summed E-state index contributed by atoms with van der Waals surface area (Å²) >= 11 is 0. The van der Waals surface area contributed by atoms with Gasteiger partial charge in [0.25, 0.3) is 0 Å². The molecule has 0 aromatic rings. The van der Waals surface area contributed by atoms with Gasteiger partial charge in [0.2, 0.25) is 0 Å². The fraction of sp³-hybridized carbons (Fsp3) is 0.765. The summed E-state index contributed by atoms with van der Waals surface area (Å²) in [6.45, 7) is 10.8. The van der Waals surface area contributed by atoms with E-state index in [1.165, 1.54) is 19.3 Å². The third-order valence-electron chi connectivity index (χ3n) is 4.52. The summed E-state index contributed by atoms with van der Waals surface area (Å²) in [5, 5.41) is 2.74. The van der Waals surface area contributed by atoms with E-state index in [9.17, 15) is 9.59 Å². The molecule has 21 heavy (non-hydrogen) atoms. The van der Waals surface area contributed by atoms with Crippen LogP contribution in [0.15, 0.2) is 12.2 Å². The molecule has 2 fully saturated rings. The molecule has 2 saturated carbocycles. The molecule has 0 saturated heterocycles. The highest BCUT2D eigenvalue weighted by atomic mass is 16.6. The Kier molecular flexibility index (Phi) is 4.45. The molecule has 4 atom stereocenters. The third-order valence-corrected chi connectivity index (χ3v) is 4.52. The van der Waals surface area contributed by atoms with Gasteiger partial charge >= 0.3 is 6.09 Å². The number of hydrogen-bond acceptors (Lipinski definition) is 3. The molecular weight excluding hydrogens is 266 g/mol. The number of Topliss-reactive ketones (excluding diaryl/α,β-unsaturated/α-hetero) is 1. The van der Waals surface area contributed by atoms with Gasteiger partial charge in [0.1, 0.15) is 5.60 Å². The fourth-order valence-electron chi connectivity index (χ4n) is 3.57. The van der Waals surface area contributed by atoms with Crippen molar-refractivity contribution in [3.8, 4) is 0 Å². The summed E-state index contributed by atoms with van der Waals surface area (Å²) in [6, 6.07) is -0.493. The molecule has 1 N–H and O–H groups in total. The van der Waals surface area contributed by atoms with E-state index in [4.69, 9.17) is 4.74 Å². The van der Waals surface area contributed by atoms with Crippen LogP contribution in [0.2, 0.25) is 0 Å². The first kappa shape index (κ1) is 16.1. The number of rotatable bonds is 5. The van der Waals surface area contributed by atoms with E-state index in [1.807, 2.05) is 20.8 Å². The number of hydrogen-bond donors (Lipinski definition) is 1. The van der Waals surface area contributed by atoms with Gasteiger partial charge in [0.15, 0.2) is 5.78 Å². The van der Waals surface area contributed by atoms with Crippen molar-refractivity contribution in [2.24, 2.45) is 17.8 Å². The molecule has 4 nitrogen and oxygen atoms in total.